The molecule has 1 unspecified atom stereocenters. The zero-order valence-corrected chi connectivity index (χ0v) is 10.8. The van der Waals surface area contributed by atoms with E-state index >= 15 is 0 Å². The van der Waals surface area contributed by atoms with Crippen LogP contribution in [0.2, 0.25) is 0 Å². The maximum atomic E-state index is 5.63. The molecule has 15 heavy (non-hydrogen) atoms. The molecule has 1 atom stereocenters. The molecular formula is C14H28O. The number of unbranched alkanes of at least 4 members (excludes halogenated alkanes) is 4. The molecule has 0 aliphatic rings. The first-order chi connectivity index (χ1) is 7.35. The van der Waals surface area contributed by atoms with Gasteiger partial charge in [0.25, 0.3) is 0 Å². The summed E-state index contributed by atoms with van der Waals surface area (Å²) in [6.45, 7) is 7.25. The van der Waals surface area contributed by atoms with Crippen LogP contribution in [0.25, 0.3) is 0 Å². The third-order valence-electron chi connectivity index (χ3n) is 2.74. The van der Waals surface area contributed by atoms with Gasteiger partial charge in [0, 0.05) is 6.61 Å². The second-order valence-corrected chi connectivity index (χ2v) is 4.05. The minimum atomic E-state index is 0.505. The van der Waals surface area contributed by atoms with Crippen molar-refractivity contribution in [3.8, 4) is 0 Å². The summed E-state index contributed by atoms with van der Waals surface area (Å²) < 4.78 is 5.63. The van der Waals surface area contributed by atoms with Crippen LogP contribution in [0, 0.1) is 0 Å². The van der Waals surface area contributed by atoms with Crippen LogP contribution in [0.15, 0.2) is 12.2 Å². The molecule has 0 aliphatic carbocycles. The van der Waals surface area contributed by atoms with Crippen molar-refractivity contribution in [3.63, 3.8) is 0 Å². The van der Waals surface area contributed by atoms with Crippen LogP contribution in [0.3, 0.4) is 0 Å². The monoisotopic (exact) mass is 212 g/mol. The Bertz CT molecular complexity index is 140. The van der Waals surface area contributed by atoms with Gasteiger partial charge in [-0.2, -0.15) is 0 Å². The van der Waals surface area contributed by atoms with Gasteiger partial charge >= 0.3 is 0 Å². The lowest BCUT2D eigenvalue weighted by molar-refractivity contribution is 0.0523. The van der Waals surface area contributed by atoms with Gasteiger partial charge in [-0.05, 0) is 39.5 Å². The van der Waals surface area contributed by atoms with Crippen LogP contribution < -0.4 is 0 Å². The molecule has 0 spiro atoms. The Balaban J connectivity index is 3.21. The van der Waals surface area contributed by atoms with Gasteiger partial charge in [0.05, 0.1) is 6.10 Å². The predicted molar refractivity (Wildman–Crippen MR) is 68.2 cm³/mol. The van der Waals surface area contributed by atoms with Crippen molar-refractivity contribution >= 4 is 0 Å². The van der Waals surface area contributed by atoms with E-state index in [1.54, 1.807) is 0 Å². The van der Waals surface area contributed by atoms with Gasteiger partial charge in [-0.25, -0.2) is 0 Å². The average molecular weight is 212 g/mol. The number of allylic oxidation sites excluding steroid dienone is 2. The van der Waals surface area contributed by atoms with Crippen LogP contribution >= 0.6 is 0 Å². The molecule has 0 saturated heterocycles. The smallest absolute Gasteiger partial charge is 0.0572 e. The van der Waals surface area contributed by atoms with Crippen molar-refractivity contribution in [2.45, 2.75) is 71.8 Å². The van der Waals surface area contributed by atoms with Gasteiger partial charge < -0.3 is 4.74 Å². The van der Waals surface area contributed by atoms with E-state index in [1.807, 2.05) is 0 Å². The number of rotatable bonds is 10. The van der Waals surface area contributed by atoms with E-state index in [2.05, 4.69) is 32.9 Å². The number of hydrogen-bond donors (Lipinski definition) is 0. The molecular weight excluding hydrogens is 184 g/mol. The first-order valence-electron chi connectivity index (χ1n) is 6.57. The van der Waals surface area contributed by atoms with E-state index in [-0.39, 0.29) is 0 Å². The topological polar surface area (TPSA) is 9.23 Å². The minimum Gasteiger partial charge on any atom is -0.379 e. The largest absolute Gasteiger partial charge is 0.379 e. The van der Waals surface area contributed by atoms with Gasteiger partial charge in [0.15, 0.2) is 0 Å². The highest BCUT2D eigenvalue weighted by Gasteiger charge is 2.04. The fraction of sp³-hybridized carbons (Fsp3) is 0.857. The van der Waals surface area contributed by atoms with Crippen molar-refractivity contribution in [1.82, 2.24) is 0 Å². The van der Waals surface area contributed by atoms with Crippen molar-refractivity contribution in [3.05, 3.63) is 12.2 Å². The van der Waals surface area contributed by atoms with Crippen molar-refractivity contribution in [2.75, 3.05) is 6.61 Å². The summed E-state index contributed by atoms with van der Waals surface area (Å²) in [5.74, 6) is 0. The molecule has 0 aromatic rings. The van der Waals surface area contributed by atoms with E-state index < -0.39 is 0 Å². The highest BCUT2D eigenvalue weighted by molar-refractivity contribution is 4.76. The van der Waals surface area contributed by atoms with Crippen molar-refractivity contribution in [2.24, 2.45) is 0 Å². The Kier molecular flexibility index (Phi) is 11.5. The van der Waals surface area contributed by atoms with E-state index in [9.17, 15) is 0 Å². The van der Waals surface area contributed by atoms with E-state index in [0.717, 1.165) is 13.0 Å². The summed E-state index contributed by atoms with van der Waals surface area (Å²) in [5.41, 5.74) is 0. The van der Waals surface area contributed by atoms with Gasteiger partial charge in [-0.1, -0.05) is 38.3 Å². The van der Waals surface area contributed by atoms with Crippen molar-refractivity contribution < 1.29 is 4.74 Å². The Morgan fingerprint density at radius 2 is 1.80 bits per heavy atom. The highest BCUT2D eigenvalue weighted by Crippen LogP contribution is 2.11. The third kappa shape index (κ3) is 9.99. The minimum absolute atomic E-state index is 0.505. The van der Waals surface area contributed by atoms with E-state index in [0.29, 0.717) is 6.10 Å². The second kappa shape index (κ2) is 11.8. The van der Waals surface area contributed by atoms with Crippen molar-refractivity contribution in [1.29, 1.82) is 0 Å². The summed E-state index contributed by atoms with van der Waals surface area (Å²) in [6, 6.07) is 0. The molecule has 1 nitrogen and oxygen atoms in total. The van der Waals surface area contributed by atoms with Crippen LogP contribution in [0.5, 0.6) is 0 Å². The Hall–Kier alpha value is -0.300. The lowest BCUT2D eigenvalue weighted by Gasteiger charge is -2.14. The molecule has 1 heteroatoms. The Morgan fingerprint density at radius 3 is 2.40 bits per heavy atom. The van der Waals surface area contributed by atoms with E-state index in [4.69, 9.17) is 4.74 Å². The van der Waals surface area contributed by atoms with Crippen LogP contribution in [0.1, 0.15) is 65.7 Å². The maximum absolute atomic E-state index is 5.63. The van der Waals surface area contributed by atoms with Gasteiger partial charge in [0.2, 0.25) is 0 Å². The molecule has 0 radical (unpaired) electrons. The summed E-state index contributed by atoms with van der Waals surface area (Å²) in [5, 5.41) is 0. The van der Waals surface area contributed by atoms with Crippen LogP contribution in [-0.4, -0.2) is 12.7 Å². The number of hydrogen-bond acceptors (Lipinski definition) is 1. The van der Waals surface area contributed by atoms with Crippen LogP contribution in [-0.2, 0) is 4.74 Å². The molecule has 0 N–H and O–H groups in total. The Labute approximate surface area is 95.9 Å². The van der Waals surface area contributed by atoms with Gasteiger partial charge in [-0.3, -0.25) is 0 Å². The first-order valence-corrected chi connectivity index (χ1v) is 6.57. The Morgan fingerprint density at radius 1 is 1.07 bits per heavy atom. The standard InChI is InChI=1S/C14H28O/c1-4-7-8-9-10-11-12-13-14(5-2)15-6-3/h4,7,14H,5-6,8-13H2,1-3H3/b7-4+. The highest BCUT2D eigenvalue weighted by atomic mass is 16.5. The second-order valence-electron chi connectivity index (χ2n) is 4.05. The lowest BCUT2D eigenvalue weighted by Crippen LogP contribution is -2.11. The fourth-order valence-electron chi connectivity index (χ4n) is 1.80. The molecule has 0 fully saturated rings. The molecule has 0 heterocycles. The maximum Gasteiger partial charge on any atom is 0.0572 e. The molecule has 0 rings (SSSR count). The predicted octanol–water partition coefficient (Wildman–Crippen LogP) is 4.72. The van der Waals surface area contributed by atoms with Gasteiger partial charge in [0.1, 0.15) is 0 Å². The molecule has 0 aromatic carbocycles. The number of ether oxygens (including phenoxy) is 1. The SMILES string of the molecule is C/C=C/CCCCCCC(CC)OCC. The quantitative estimate of drug-likeness (QED) is 0.376. The van der Waals surface area contributed by atoms with Gasteiger partial charge in [-0.15, -0.1) is 0 Å². The average Bonchev–Trinajstić information content (AvgIpc) is 2.26. The zero-order chi connectivity index (χ0) is 11.4. The fourth-order valence-corrected chi connectivity index (χ4v) is 1.80. The normalized spacial score (nSPS) is 13.5. The zero-order valence-electron chi connectivity index (χ0n) is 10.8. The van der Waals surface area contributed by atoms with Crippen LogP contribution in [0.4, 0.5) is 0 Å². The summed E-state index contributed by atoms with van der Waals surface area (Å²) in [4.78, 5) is 0. The summed E-state index contributed by atoms with van der Waals surface area (Å²) in [7, 11) is 0. The molecule has 90 valence electrons. The third-order valence-corrected chi connectivity index (χ3v) is 2.74. The molecule has 0 bridgehead atoms. The van der Waals surface area contributed by atoms with E-state index in [1.165, 1.54) is 38.5 Å². The molecule has 0 aliphatic heterocycles. The summed E-state index contributed by atoms with van der Waals surface area (Å²) in [6.07, 6.45) is 14.0. The first kappa shape index (κ1) is 14.7. The molecule has 0 saturated carbocycles. The summed E-state index contributed by atoms with van der Waals surface area (Å²) >= 11 is 0. The lowest BCUT2D eigenvalue weighted by atomic mass is 10.1. The molecule has 0 aromatic heterocycles. The molecule has 0 amide bonds.